The van der Waals surface area contributed by atoms with Gasteiger partial charge in [-0.3, -0.25) is 4.79 Å². The van der Waals surface area contributed by atoms with Crippen LogP contribution in [0, 0.1) is 0 Å². The molecule has 1 N–H and O–H groups in total. The first-order valence-corrected chi connectivity index (χ1v) is 9.18. The van der Waals surface area contributed by atoms with Gasteiger partial charge in [0.1, 0.15) is 6.54 Å². The van der Waals surface area contributed by atoms with Gasteiger partial charge in [0.2, 0.25) is 5.91 Å². The molecule has 0 spiro atoms. The molecular formula is C22H17ClN4O. The Morgan fingerprint density at radius 2 is 1.57 bits per heavy atom. The van der Waals surface area contributed by atoms with Crippen molar-refractivity contribution in [1.82, 2.24) is 14.8 Å². The van der Waals surface area contributed by atoms with E-state index in [0.717, 1.165) is 11.1 Å². The fourth-order valence-electron chi connectivity index (χ4n) is 2.87. The average Bonchev–Trinajstić information content (AvgIpc) is 3.13. The Labute approximate surface area is 167 Å². The molecule has 5 nitrogen and oxygen atoms in total. The molecule has 0 saturated carbocycles. The van der Waals surface area contributed by atoms with Crippen molar-refractivity contribution in [2.75, 3.05) is 5.32 Å². The lowest BCUT2D eigenvalue weighted by molar-refractivity contribution is -0.116. The summed E-state index contributed by atoms with van der Waals surface area (Å²) in [6.07, 6.45) is 0. The molecule has 6 heteroatoms. The number of aromatic nitrogens is 3. The molecule has 0 aliphatic carbocycles. The van der Waals surface area contributed by atoms with Crippen molar-refractivity contribution in [3.8, 4) is 22.8 Å². The van der Waals surface area contributed by atoms with Crippen molar-refractivity contribution < 1.29 is 4.79 Å². The largest absolute Gasteiger partial charge is 0.324 e. The van der Waals surface area contributed by atoms with Crippen LogP contribution in [-0.2, 0) is 11.3 Å². The zero-order valence-corrected chi connectivity index (χ0v) is 15.7. The monoisotopic (exact) mass is 388 g/mol. The van der Waals surface area contributed by atoms with Gasteiger partial charge in [-0.15, -0.1) is 5.10 Å². The molecule has 0 bridgehead atoms. The Hall–Kier alpha value is -3.44. The lowest BCUT2D eigenvalue weighted by atomic mass is 10.2. The third-order valence-electron chi connectivity index (χ3n) is 4.14. The quantitative estimate of drug-likeness (QED) is 0.528. The number of nitrogens with one attached hydrogen (secondary N) is 1. The van der Waals surface area contributed by atoms with Gasteiger partial charge in [0.25, 0.3) is 0 Å². The van der Waals surface area contributed by atoms with E-state index in [9.17, 15) is 4.79 Å². The third kappa shape index (κ3) is 4.10. The summed E-state index contributed by atoms with van der Waals surface area (Å²) in [5, 5.41) is 7.99. The van der Waals surface area contributed by atoms with Gasteiger partial charge in [-0.1, -0.05) is 78.3 Å². The molecular weight excluding hydrogens is 372 g/mol. The number of carbonyl (C=O) groups is 1. The predicted molar refractivity (Wildman–Crippen MR) is 111 cm³/mol. The zero-order valence-electron chi connectivity index (χ0n) is 14.9. The van der Waals surface area contributed by atoms with Crippen molar-refractivity contribution in [3.05, 3.63) is 90.0 Å². The number of hydrogen-bond donors (Lipinski definition) is 1. The van der Waals surface area contributed by atoms with Gasteiger partial charge >= 0.3 is 0 Å². The van der Waals surface area contributed by atoms with Crippen LogP contribution in [0.1, 0.15) is 0 Å². The molecule has 0 fully saturated rings. The van der Waals surface area contributed by atoms with Crippen molar-refractivity contribution >= 4 is 23.2 Å². The number of benzene rings is 3. The highest BCUT2D eigenvalue weighted by atomic mass is 35.5. The summed E-state index contributed by atoms with van der Waals surface area (Å²) in [5.41, 5.74) is 2.43. The maximum atomic E-state index is 12.6. The fraction of sp³-hybridized carbons (Fsp3) is 0.0455. The molecule has 0 unspecified atom stereocenters. The van der Waals surface area contributed by atoms with Crippen LogP contribution >= 0.6 is 11.6 Å². The highest BCUT2D eigenvalue weighted by molar-refractivity contribution is 6.30. The van der Waals surface area contributed by atoms with Crippen LogP contribution in [-0.4, -0.2) is 20.7 Å². The molecule has 1 aromatic heterocycles. The number of carbonyl (C=O) groups excluding carboxylic acids is 1. The molecule has 0 radical (unpaired) electrons. The van der Waals surface area contributed by atoms with Gasteiger partial charge < -0.3 is 5.32 Å². The van der Waals surface area contributed by atoms with E-state index < -0.39 is 0 Å². The van der Waals surface area contributed by atoms with Crippen LogP contribution in [0.15, 0.2) is 84.9 Å². The number of halogens is 1. The van der Waals surface area contributed by atoms with Gasteiger partial charge in [0.05, 0.1) is 0 Å². The zero-order chi connectivity index (χ0) is 19.3. The van der Waals surface area contributed by atoms with E-state index in [2.05, 4.69) is 15.4 Å². The number of amides is 1. The Morgan fingerprint density at radius 3 is 2.25 bits per heavy atom. The average molecular weight is 389 g/mol. The standard InChI is InChI=1S/C22H17ClN4O/c23-18-12-7-13-19(14-18)24-20(28)15-27-22(17-10-5-2-6-11-17)25-21(26-27)16-8-3-1-4-9-16/h1-14H,15H2,(H,24,28). The highest BCUT2D eigenvalue weighted by Gasteiger charge is 2.16. The van der Waals surface area contributed by atoms with Crippen LogP contribution in [0.3, 0.4) is 0 Å². The second-order valence-corrected chi connectivity index (χ2v) is 6.64. The van der Waals surface area contributed by atoms with Crippen LogP contribution in [0.5, 0.6) is 0 Å². The molecule has 1 amide bonds. The van der Waals surface area contributed by atoms with E-state index in [1.165, 1.54) is 0 Å². The van der Waals surface area contributed by atoms with E-state index in [-0.39, 0.29) is 12.5 Å². The Morgan fingerprint density at radius 1 is 0.893 bits per heavy atom. The minimum atomic E-state index is -0.205. The first-order chi connectivity index (χ1) is 13.7. The Kier molecular flexibility index (Phi) is 5.17. The van der Waals surface area contributed by atoms with Crippen LogP contribution in [0.4, 0.5) is 5.69 Å². The molecule has 0 aliphatic rings. The topological polar surface area (TPSA) is 59.8 Å². The van der Waals surface area contributed by atoms with E-state index in [0.29, 0.717) is 22.4 Å². The molecule has 28 heavy (non-hydrogen) atoms. The predicted octanol–water partition coefficient (Wildman–Crippen LogP) is 4.90. The maximum absolute atomic E-state index is 12.6. The van der Waals surface area contributed by atoms with Crippen molar-refractivity contribution in [3.63, 3.8) is 0 Å². The van der Waals surface area contributed by atoms with Crippen LogP contribution in [0.2, 0.25) is 5.02 Å². The number of rotatable bonds is 5. The van der Waals surface area contributed by atoms with E-state index in [4.69, 9.17) is 11.6 Å². The summed E-state index contributed by atoms with van der Waals surface area (Å²) in [6.45, 7) is 0.0383. The summed E-state index contributed by atoms with van der Waals surface area (Å²) in [6, 6.07) is 26.4. The molecule has 4 aromatic rings. The highest BCUT2D eigenvalue weighted by Crippen LogP contribution is 2.22. The number of anilines is 1. The van der Waals surface area contributed by atoms with Gasteiger partial charge in [0.15, 0.2) is 11.6 Å². The Balaban J connectivity index is 1.65. The van der Waals surface area contributed by atoms with Gasteiger partial charge in [-0.2, -0.15) is 0 Å². The molecule has 1 heterocycles. The van der Waals surface area contributed by atoms with E-state index in [1.54, 1.807) is 28.9 Å². The van der Waals surface area contributed by atoms with Gasteiger partial charge in [-0.05, 0) is 18.2 Å². The van der Waals surface area contributed by atoms with Gasteiger partial charge in [0, 0.05) is 21.8 Å². The summed E-state index contributed by atoms with van der Waals surface area (Å²) in [4.78, 5) is 17.3. The minimum Gasteiger partial charge on any atom is -0.324 e. The molecule has 0 saturated heterocycles. The normalized spacial score (nSPS) is 10.6. The molecule has 4 rings (SSSR count). The third-order valence-corrected chi connectivity index (χ3v) is 4.37. The summed E-state index contributed by atoms with van der Waals surface area (Å²) >= 11 is 5.99. The van der Waals surface area contributed by atoms with E-state index in [1.807, 2.05) is 60.7 Å². The first-order valence-electron chi connectivity index (χ1n) is 8.80. The summed E-state index contributed by atoms with van der Waals surface area (Å²) < 4.78 is 1.62. The fourth-order valence-corrected chi connectivity index (χ4v) is 3.06. The van der Waals surface area contributed by atoms with Gasteiger partial charge in [-0.25, -0.2) is 9.67 Å². The molecule has 3 aromatic carbocycles. The number of nitrogens with zero attached hydrogens (tertiary/aromatic N) is 3. The second-order valence-electron chi connectivity index (χ2n) is 6.21. The Bertz CT molecular complexity index is 1090. The molecule has 0 atom stereocenters. The van der Waals surface area contributed by atoms with E-state index >= 15 is 0 Å². The second kappa shape index (κ2) is 8.06. The summed E-state index contributed by atoms with van der Waals surface area (Å²) in [5.74, 6) is 1.01. The first kappa shape index (κ1) is 17.9. The molecule has 0 aliphatic heterocycles. The number of hydrogen-bond acceptors (Lipinski definition) is 3. The van der Waals surface area contributed by atoms with Crippen molar-refractivity contribution in [1.29, 1.82) is 0 Å². The van der Waals surface area contributed by atoms with Crippen molar-refractivity contribution in [2.24, 2.45) is 0 Å². The smallest absolute Gasteiger partial charge is 0.246 e. The SMILES string of the molecule is O=C(Cn1nc(-c2ccccc2)nc1-c1ccccc1)Nc1cccc(Cl)c1. The van der Waals surface area contributed by atoms with Crippen LogP contribution < -0.4 is 5.32 Å². The van der Waals surface area contributed by atoms with Crippen molar-refractivity contribution in [2.45, 2.75) is 6.54 Å². The lowest BCUT2D eigenvalue weighted by Crippen LogP contribution is -2.20. The maximum Gasteiger partial charge on any atom is 0.246 e. The lowest BCUT2D eigenvalue weighted by Gasteiger charge is -2.08. The minimum absolute atomic E-state index is 0.0383. The molecule has 138 valence electrons. The summed E-state index contributed by atoms with van der Waals surface area (Å²) in [7, 11) is 0. The van der Waals surface area contributed by atoms with Crippen LogP contribution in [0.25, 0.3) is 22.8 Å².